The van der Waals surface area contributed by atoms with E-state index in [1.807, 2.05) is 24.3 Å². The van der Waals surface area contributed by atoms with Crippen LogP contribution >= 0.6 is 0 Å². The molecular formula is C13H14N2O4. The molecule has 2 rings (SSSR count). The molecule has 1 aromatic heterocycles. The molecule has 6 heteroatoms. The highest BCUT2D eigenvalue weighted by Crippen LogP contribution is 2.20. The number of carbonyl (C=O) groups excluding carboxylic acids is 1. The van der Waals surface area contributed by atoms with E-state index < -0.39 is 24.3 Å². The van der Waals surface area contributed by atoms with Crippen molar-refractivity contribution in [2.75, 3.05) is 0 Å². The quantitative estimate of drug-likeness (QED) is 0.740. The van der Waals surface area contributed by atoms with Gasteiger partial charge in [0.15, 0.2) is 0 Å². The maximum atomic E-state index is 11.6. The summed E-state index contributed by atoms with van der Waals surface area (Å²) in [7, 11) is 0. The van der Waals surface area contributed by atoms with Crippen LogP contribution in [0, 0.1) is 0 Å². The van der Waals surface area contributed by atoms with E-state index in [4.69, 9.17) is 15.3 Å². The van der Waals surface area contributed by atoms with Crippen LogP contribution in [-0.2, 0) is 16.1 Å². The Balaban J connectivity index is 1.99. The molecule has 0 aliphatic heterocycles. The van der Waals surface area contributed by atoms with Gasteiger partial charge in [-0.15, -0.1) is 0 Å². The van der Waals surface area contributed by atoms with Gasteiger partial charge in [-0.2, -0.15) is 0 Å². The molecule has 0 aliphatic carbocycles. The number of carboxylic acid groups (broad SMARTS) is 1. The van der Waals surface area contributed by atoms with Gasteiger partial charge in [0.25, 0.3) is 0 Å². The molecule has 0 saturated carbocycles. The minimum Gasteiger partial charge on any atom is -0.481 e. The number of fused-ring (bicyclic) bond motifs is 1. The largest absolute Gasteiger partial charge is 0.481 e. The number of amides is 1. The summed E-state index contributed by atoms with van der Waals surface area (Å²) < 4.78 is 5.33. The van der Waals surface area contributed by atoms with Crippen LogP contribution < -0.4 is 11.1 Å². The molecule has 100 valence electrons. The van der Waals surface area contributed by atoms with Crippen molar-refractivity contribution in [3.8, 4) is 0 Å². The summed E-state index contributed by atoms with van der Waals surface area (Å²) in [5.74, 6) is -1.59. The Morgan fingerprint density at radius 3 is 2.84 bits per heavy atom. The smallest absolute Gasteiger partial charge is 0.305 e. The third-order valence-electron chi connectivity index (χ3n) is 2.75. The molecule has 2 aromatic rings. The highest BCUT2D eigenvalue weighted by atomic mass is 16.4. The van der Waals surface area contributed by atoms with E-state index in [1.54, 1.807) is 6.26 Å². The number of hydrogen-bond donors (Lipinski definition) is 3. The van der Waals surface area contributed by atoms with Gasteiger partial charge in [-0.3, -0.25) is 9.59 Å². The second-order valence-electron chi connectivity index (χ2n) is 4.18. The van der Waals surface area contributed by atoms with Crippen LogP contribution in [0.3, 0.4) is 0 Å². The fraction of sp³-hybridized carbons (Fsp3) is 0.231. The molecule has 4 N–H and O–H groups in total. The molecule has 0 radical (unpaired) electrons. The first-order chi connectivity index (χ1) is 9.08. The van der Waals surface area contributed by atoms with Crippen LogP contribution in [0.25, 0.3) is 11.0 Å². The summed E-state index contributed by atoms with van der Waals surface area (Å²) in [5.41, 5.74) is 7.02. The lowest BCUT2D eigenvalue weighted by atomic mass is 10.1. The normalized spacial score (nSPS) is 12.3. The first-order valence-electron chi connectivity index (χ1n) is 5.78. The number of nitrogens with two attached hydrogens (primary N) is 1. The molecule has 1 atom stereocenters. The van der Waals surface area contributed by atoms with Crippen molar-refractivity contribution in [1.82, 2.24) is 5.32 Å². The van der Waals surface area contributed by atoms with Crippen molar-refractivity contribution in [3.05, 3.63) is 36.1 Å². The zero-order chi connectivity index (χ0) is 13.8. The molecule has 0 fully saturated rings. The summed E-state index contributed by atoms with van der Waals surface area (Å²) in [4.78, 5) is 22.0. The van der Waals surface area contributed by atoms with E-state index in [0.717, 1.165) is 16.5 Å². The molecule has 6 nitrogen and oxygen atoms in total. The van der Waals surface area contributed by atoms with Crippen molar-refractivity contribution in [2.45, 2.75) is 19.0 Å². The van der Waals surface area contributed by atoms with Crippen molar-refractivity contribution in [3.63, 3.8) is 0 Å². The highest BCUT2D eigenvalue weighted by molar-refractivity contribution is 5.86. The van der Waals surface area contributed by atoms with Gasteiger partial charge in [-0.1, -0.05) is 18.2 Å². The molecule has 0 bridgehead atoms. The number of para-hydroxylation sites is 1. The van der Waals surface area contributed by atoms with Crippen LogP contribution in [0.15, 0.2) is 34.9 Å². The maximum Gasteiger partial charge on any atom is 0.305 e. The lowest BCUT2D eigenvalue weighted by molar-refractivity contribution is -0.139. The second-order valence-corrected chi connectivity index (χ2v) is 4.18. The summed E-state index contributed by atoms with van der Waals surface area (Å²) in [6.45, 7) is 0.253. The summed E-state index contributed by atoms with van der Waals surface area (Å²) >= 11 is 0. The Bertz CT molecular complexity index is 605. The SMILES string of the molecule is NC(CC(=O)O)C(=O)NCc1coc2ccccc12. The van der Waals surface area contributed by atoms with Gasteiger partial charge in [-0.25, -0.2) is 0 Å². The summed E-state index contributed by atoms with van der Waals surface area (Å²) in [6, 6.07) is 6.40. The average Bonchev–Trinajstić information content (AvgIpc) is 2.78. The lowest BCUT2D eigenvalue weighted by Gasteiger charge is -2.09. The molecule has 19 heavy (non-hydrogen) atoms. The first-order valence-corrected chi connectivity index (χ1v) is 5.78. The Labute approximate surface area is 109 Å². The maximum absolute atomic E-state index is 11.6. The van der Waals surface area contributed by atoms with E-state index in [0.29, 0.717) is 0 Å². The zero-order valence-electron chi connectivity index (χ0n) is 10.1. The molecule has 1 amide bonds. The minimum atomic E-state index is -1.10. The van der Waals surface area contributed by atoms with E-state index in [-0.39, 0.29) is 6.54 Å². The van der Waals surface area contributed by atoms with E-state index in [9.17, 15) is 9.59 Å². The number of hydrogen-bond acceptors (Lipinski definition) is 4. The Morgan fingerprint density at radius 2 is 2.11 bits per heavy atom. The Kier molecular flexibility index (Phi) is 3.82. The van der Waals surface area contributed by atoms with Gasteiger partial charge < -0.3 is 20.6 Å². The number of carbonyl (C=O) groups is 2. The predicted octanol–water partition coefficient (Wildman–Crippen LogP) is 0.851. The van der Waals surface area contributed by atoms with Crippen molar-refractivity contribution in [2.24, 2.45) is 5.73 Å². The molecule has 0 spiro atoms. The van der Waals surface area contributed by atoms with Gasteiger partial charge in [0.2, 0.25) is 5.91 Å². The molecule has 1 unspecified atom stereocenters. The van der Waals surface area contributed by atoms with Crippen LogP contribution in [0.1, 0.15) is 12.0 Å². The van der Waals surface area contributed by atoms with Crippen molar-refractivity contribution < 1.29 is 19.1 Å². The number of nitrogens with one attached hydrogen (secondary N) is 1. The number of rotatable bonds is 5. The predicted molar refractivity (Wildman–Crippen MR) is 68.3 cm³/mol. The van der Waals surface area contributed by atoms with Crippen LogP contribution in [0.2, 0.25) is 0 Å². The third-order valence-corrected chi connectivity index (χ3v) is 2.75. The van der Waals surface area contributed by atoms with Gasteiger partial charge >= 0.3 is 5.97 Å². The fourth-order valence-corrected chi connectivity index (χ4v) is 1.76. The fourth-order valence-electron chi connectivity index (χ4n) is 1.76. The molecule has 1 heterocycles. The van der Waals surface area contributed by atoms with E-state index in [2.05, 4.69) is 5.32 Å². The first kappa shape index (κ1) is 13.1. The van der Waals surface area contributed by atoms with E-state index in [1.165, 1.54) is 0 Å². The van der Waals surface area contributed by atoms with Crippen molar-refractivity contribution in [1.29, 1.82) is 0 Å². The second kappa shape index (κ2) is 5.53. The standard InChI is InChI=1S/C13H14N2O4/c14-10(5-12(16)17)13(18)15-6-8-7-19-11-4-2-1-3-9(8)11/h1-4,7,10H,5-6,14H2,(H,15,18)(H,16,17). The van der Waals surface area contributed by atoms with Gasteiger partial charge in [0.1, 0.15) is 5.58 Å². The van der Waals surface area contributed by atoms with Crippen LogP contribution in [0.5, 0.6) is 0 Å². The topological polar surface area (TPSA) is 106 Å². The van der Waals surface area contributed by atoms with Crippen LogP contribution in [0.4, 0.5) is 0 Å². The van der Waals surface area contributed by atoms with E-state index >= 15 is 0 Å². The van der Waals surface area contributed by atoms with Gasteiger partial charge in [0.05, 0.1) is 18.7 Å². The monoisotopic (exact) mass is 262 g/mol. The summed E-state index contributed by atoms with van der Waals surface area (Å²) in [5, 5.41) is 12.1. The number of carboxylic acids is 1. The minimum absolute atomic E-state index is 0.253. The van der Waals surface area contributed by atoms with Crippen molar-refractivity contribution >= 4 is 22.8 Å². The lowest BCUT2D eigenvalue weighted by Crippen LogP contribution is -2.41. The molecule has 0 saturated heterocycles. The van der Waals surface area contributed by atoms with Gasteiger partial charge in [-0.05, 0) is 6.07 Å². The average molecular weight is 262 g/mol. The third kappa shape index (κ3) is 3.11. The Morgan fingerprint density at radius 1 is 1.37 bits per heavy atom. The Hall–Kier alpha value is -2.34. The van der Waals surface area contributed by atoms with Gasteiger partial charge in [0, 0.05) is 17.5 Å². The molecular weight excluding hydrogens is 248 g/mol. The zero-order valence-corrected chi connectivity index (χ0v) is 10.1. The molecule has 1 aromatic carbocycles. The summed E-state index contributed by atoms with van der Waals surface area (Å²) in [6.07, 6.45) is 1.17. The number of furan rings is 1. The number of aliphatic carboxylic acids is 1. The highest BCUT2D eigenvalue weighted by Gasteiger charge is 2.17. The number of benzene rings is 1. The molecule has 0 aliphatic rings. The van der Waals surface area contributed by atoms with Crippen LogP contribution in [-0.4, -0.2) is 23.0 Å².